The van der Waals surface area contributed by atoms with Gasteiger partial charge in [0.05, 0.1) is 17.8 Å². The van der Waals surface area contributed by atoms with Crippen molar-refractivity contribution in [3.63, 3.8) is 0 Å². The predicted octanol–water partition coefficient (Wildman–Crippen LogP) is 2.14. The van der Waals surface area contributed by atoms with Crippen LogP contribution in [0.1, 0.15) is 57.7 Å². The molecule has 118 valence electrons. The van der Waals surface area contributed by atoms with Crippen LogP contribution in [-0.2, 0) is 21.7 Å². The summed E-state index contributed by atoms with van der Waals surface area (Å²) in [6.45, 7) is 6.40. The molecule has 22 heavy (non-hydrogen) atoms. The minimum absolute atomic E-state index is 0.0553. The van der Waals surface area contributed by atoms with E-state index >= 15 is 0 Å². The first-order valence-electron chi connectivity index (χ1n) is 8.03. The fourth-order valence-electron chi connectivity index (χ4n) is 3.33. The fraction of sp³-hybridized carbons (Fsp3) is 0.688. The van der Waals surface area contributed by atoms with Crippen molar-refractivity contribution in [1.82, 2.24) is 15.1 Å². The number of carbonyl (C=O) groups is 2. The lowest BCUT2D eigenvalue weighted by molar-refractivity contribution is -0.143. The Morgan fingerprint density at radius 2 is 2.00 bits per heavy atom. The van der Waals surface area contributed by atoms with Crippen molar-refractivity contribution in [3.8, 4) is 0 Å². The van der Waals surface area contributed by atoms with Gasteiger partial charge in [-0.25, -0.2) is 0 Å². The molecule has 1 aromatic heterocycles. The van der Waals surface area contributed by atoms with E-state index in [1.54, 1.807) is 0 Å². The van der Waals surface area contributed by atoms with Crippen LogP contribution in [0, 0.1) is 11.3 Å². The van der Waals surface area contributed by atoms with Crippen molar-refractivity contribution in [2.45, 2.75) is 58.5 Å². The number of nitrogens with one attached hydrogen (secondary N) is 2. The number of aromatic nitrogens is 2. The van der Waals surface area contributed by atoms with E-state index in [-0.39, 0.29) is 23.3 Å². The Morgan fingerprint density at radius 3 is 2.55 bits per heavy atom. The summed E-state index contributed by atoms with van der Waals surface area (Å²) in [6, 6.07) is 0. The first kappa shape index (κ1) is 13.8. The van der Waals surface area contributed by atoms with Crippen LogP contribution in [0.3, 0.4) is 0 Å². The Bertz CT molecular complexity index is 662. The topological polar surface area (TPSA) is 78.1 Å². The number of H-pyrrole nitrogens is 1. The van der Waals surface area contributed by atoms with Crippen LogP contribution in [0.4, 0.5) is 5.82 Å². The van der Waals surface area contributed by atoms with Crippen molar-refractivity contribution in [2.24, 2.45) is 11.3 Å². The van der Waals surface area contributed by atoms with Crippen molar-refractivity contribution >= 4 is 17.6 Å². The molecule has 2 heterocycles. The molecule has 2 amide bonds. The molecule has 2 aliphatic carbocycles. The Kier molecular flexibility index (Phi) is 2.58. The van der Waals surface area contributed by atoms with Gasteiger partial charge in [-0.1, -0.05) is 20.8 Å². The number of carbonyl (C=O) groups excluding carboxylic acids is 2. The van der Waals surface area contributed by atoms with Gasteiger partial charge in [-0.3, -0.25) is 14.7 Å². The second kappa shape index (κ2) is 4.12. The van der Waals surface area contributed by atoms with Crippen LogP contribution in [0.5, 0.6) is 0 Å². The first-order chi connectivity index (χ1) is 10.3. The van der Waals surface area contributed by atoms with Gasteiger partial charge >= 0.3 is 0 Å². The van der Waals surface area contributed by atoms with Crippen LogP contribution in [0.15, 0.2) is 0 Å². The molecule has 0 bridgehead atoms. The van der Waals surface area contributed by atoms with Gasteiger partial charge in [-0.15, -0.1) is 0 Å². The zero-order chi connectivity index (χ0) is 15.7. The van der Waals surface area contributed by atoms with Crippen LogP contribution in [0.25, 0.3) is 0 Å². The summed E-state index contributed by atoms with van der Waals surface area (Å²) in [5, 5.41) is 10.3. The molecule has 2 saturated carbocycles. The zero-order valence-corrected chi connectivity index (χ0v) is 13.3. The van der Waals surface area contributed by atoms with Crippen molar-refractivity contribution in [1.29, 1.82) is 0 Å². The number of nitrogens with zero attached hydrogens (tertiary/aromatic N) is 2. The molecule has 3 aliphatic rings. The predicted molar refractivity (Wildman–Crippen MR) is 80.9 cm³/mol. The Morgan fingerprint density at radius 1 is 1.32 bits per heavy atom. The van der Waals surface area contributed by atoms with E-state index in [4.69, 9.17) is 0 Å². The van der Waals surface area contributed by atoms with Crippen molar-refractivity contribution in [2.75, 3.05) is 5.32 Å². The van der Waals surface area contributed by atoms with Crippen LogP contribution in [0.2, 0.25) is 0 Å². The Hall–Kier alpha value is -1.85. The lowest BCUT2D eigenvalue weighted by Gasteiger charge is -2.31. The fourth-order valence-corrected chi connectivity index (χ4v) is 3.33. The van der Waals surface area contributed by atoms with Gasteiger partial charge in [-0.05, 0) is 25.7 Å². The third-order valence-electron chi connectivity index (χ3n) is 4.97. The van der Waals surface area contributed by atoms with E-state index < -0.39 is 5.41 Å². The summed E-state index contributed by atoms with van der Waals surface area (Å²) < 4.78 is 0. The summed E-state index contributed by atoms with van der Waals surface area (Å²) in [7, 11) is 0. The molecule has 1 aromatic rings. The standard InChI is InChI=1S/C16H22N4O2/c1-15(2,3)14(22)20-8-10-11(16(20)6-7-16)18-19-12(10)17-13(21)9-4-5-9/h9H,4-8H2,1-3H3,(H2,17,18,19,21). The molecule has 0 unspecified atom stereocenters. The Labute approximate surface area is 129 Å². The summed E-state index contributed by atoms with van der Waals surface area (Å²) in [5.41, 5.74) is 1.42. The number of hydrogen-bond acceptors (Lipinski definition) is 3. The molecule has 1 spiro atoms. The molecule has 1 aliphatic heterocycles. The van der Waals surface area contributed by atoms with Crippen molar-refractivity contribution < 1.29 is 9.59 Å². The molecular weight excluding hydrogens is 280 g/mol. The normalized spacial score (nSPS) is 21.9. The second-order valence-corrected chi connectivity index (χ2v) is 7.86. The largest absolute Gasteiger partial charge is 0.326 e. The average molecular weight is 302 g/mol. The minimum atomic E-state index is -0.399. The maximum atomic E-state index is 12.7. The first-order valence-corrected chi connectivity index (χ1v) is 8.03. The number of amides is 2. The molecule has 2 fully saturated rings. The highest BCUT2D eigenvalue weighted by atomic mass is 16.2. The number of anilines is 1. The van der Waals surface area contributed by atoms with E-state index in [0.29, 0.717) is 12.4 Å². The molecule has 6 nitrogen and oxygen atoms in total. The second-order valence-electron chi connectivity index (χ2n) is 7.86. The highest BCUT2D eigenvalue weighted by Crippen LogP contribution is 2.57. The SMILES string of the molecule is CC(C)(C)C(=O)N1Cc2c(NC(=O)C3CC3)n[nH]c2C12CC2. The average Bonchev–Trinajstić information content (AvgIpc) is 3.32. The third-order valence-corrected chi connectivity index (χ3v) is 4.97. The van der Waals surface area contributed by atoms with E-state index in [1.165, 1.54) is 0 Å². The van der Waals surface area contributed by atoms with E-state index in [1.807, 2.05) is 25.7 Å². The van der Waals surface area contributed by atoms with E-state index in [2.05, 4.69) is 15.5 Å². The maximum Gasteiger partial charge on any atom is 0.229 e. The highest BCUT2D eigenvalue weighted by molar-refractivity contribution is 5.94. The van der Waals surface area contributed by atoms with Crippen LogP contribution < -0.4 is 5.32 Å². The highest BCUT2D eigenvalue weighted by Gasteiger charge is 2.59. The summed E-state index contributed by atoms with van der Waals surface area (Å²) in [6.07, 6.45) is 3.88. The van der Waals surface area contributed by atoms with Gasteiger partial charge in [0.15, 0.2) is 5.82 Å². The smallest absolute Gasteiger partial charge is 0.229 e. The zero-order valence-electron chi connectivity index (χ0n) is 13.3. The van der Waals surface area contributed by atoms with Gasteiger partial charge in [0, 0.05) is 16.9 Å². The number of rotatable bonds is 2. The van der Waals surface area contributed by atoms with E-state index in [9.17, 15) is 9.59 Å². The lowest BCUT2D eigenvalue weighted by atomic mass is 9.94. The monoisotopic (exact) mass is 302 g/mol. The molecule has 0 saturated heterocycles. The number of fused-ring (bicyclic) bond motifs is 2. The molecule has 4 rings (SSSR count). The molecular formula is C16H22N4O2. The summed E-state index contributed by atoms with van der Waals surface area (Å²) in [4.78, 5) is 26.7. The van der Waals surface area contributed by atoms with Gasteiger partial charge < -0.3 is 10.2 Å². The van der Waals surface area contributed by atoms with Crippen LogP contribution in [-0.4, -0.2) is 26.9 Å². The summed E-state index contributed by atoms with van der Waals surface area (Å²) >= 11 is 0. The van der Waals surface area contributed by atoms with Gasteiger partial charge in [-0.2, -0.15) is 5.10 Å². The molecule has 2 N–H and O–H groups in total. The number of hydrogen-bond donors (Lipinski definition) is 2. The maximum absolute atomic E-state index is 12.7. The minimum Gasteiger partial charge on any atom is -0.326 e. The number of aromatic amines is 1. The molecule has 6 heteroatoms. The lowest BCUT2D eigenvalue weighted by Crippen LogP contribution is -2.42. The Balaban J connectivity index is 1.62. The quantitative estimate of drug-likeness (QED) is 0.878. The third kappa shape index (κ3) is 1.89. The van der Waals surface area contributed by atoms with E-state index in [0.717, 1.165) is 36.9 Å². The molecule has 0 atom stereocenters. The van der Waals surface area contributed by atoms with Crippen molar-refractivity contribution in [3.05, 3.63) is 11.3 Å². The van der Waals surface area contributed by atoms with Gasteiger partial charge in [0.1, 0.15) is 0 Å². The van der Waals surface area contributed by atoms with Gasteiger partial charge in [0.25, 0.3) is 0 Å². The van der Waals surface area contributed by atoms with Crippen LogP contribution >= 0.6 is 0 Å². The molecule has 0 aromatic carbocycles. The molecule has 0 radical (unpaired) electrons. The van der Waals surface area contributed by atoms with Gasteiger partial charge in [0.2, 0.25) is 11.8 Å². The summed E-state index contributed by atoms with van der Waals surface area (Å²) in [5.74, 6) is 0.979.